The van der Waals surface area contributed by atoms with E-state index in [0.717, 1.165) is 87.7 Å². The molecule has 10 rings (SSSR count). The number of rotatable bonds is 3. The second kappa shape index (κ2) is 11.7. The predicted molar refractivity (Wildman–Crippen MR) is 229 cm³/mol. The molecule has 0 fully saturated rings. The van der Waals surface area contributed by atoms with Crippen molar-refractivity contribution in [3.05, 3.63) is 166 Å². The Morgan fingerprint density at radius 1 is 0.418 bits per heavy atom. The second-order valence-corrected chi connectivity index (χ2v) is 15.3. The lowest BCUT2D eigenvalue weighted by Gasteiger charge is -2.23. The van der Waals surface area contributed by atoms with Gasteiger partial charge in [0, 0.05) is 32.3 Å². The molecule has 3 heterocycles. The number of hydrogen-bond acceptors (Lipinski definition) is 1. The number of aryl methyl sites for hydroxylation is 6. The Bertz CT molecular complexity index is 3230. The van der Waals surface area contributed by atoms with E-state index in [1.807, 2.05) is 6.07 Å². The Morgan fingerprint density at radius 3 is 1.00 bits per heavy atom. The maximum absolute atomic E-state index is 11.4. The van der Waals surface area contributed by atoms with Gasteiger partial charge >= 0.3 is 0 Å². The van der Waals surface area contributed by atoms with Gasteiger partial charge in [0.15, 0.2) is 0 Å². The Morgan fingerprint density at radius 2 is 0.709 bits per heavy atom. The number of nitrogens with zero attached hydrogens (tertiary/aromatic N) is 5. The van der Waals surface area contributed by atoms with Gasteiger partial charge in [0.05, 0.1) is 62.3 Å². The van der Waals surface area contributed by atoms with Crippen molar-refractivity contribution in [3.8, 4) is 23.1 Å². The smallest absolute Gasteiger partial charge is 0.236 e. The van der Waals surface area contributed by atoms with Gasteiger partial charge in [-0.1, -0.05) is 69.8 Å². The predicted octanol–water partition coefficient (Wildman–Crippen LogP) is 13.3. The molecule has 0 radical (unpaired) electrons. The Hall–Kier alpha value is -7.08. The molecule has 0 saturated carbocycles. The molecule has 10 aromatic rings. The van der Waals surface area contributed by atoms with Gasteiger partial charge in [0.25, 0.3) is 0 Å². The summed E-state index contributed by atoms with van der Waals surface area (Å²) in [7, 11) is 0. The summed E-state index contributed by atoms with van der Waals surface area (Å²) >= 11 is 0. The van der Waals surface area contributed by atoms with Gasteiger partial charge in [-0.05, 0) is 120 Å². The molecule has 7 aromatic carbocycles. The normalized spacial score (nSPS) is 11.8. The van der Waals surface area contributed by atoms with Crippen LogP contribution in [0.3, 0.4) is 0 Å². The molecule has 55 heavy (non-hydrogen) atoms. The van der Waals surface area contributed by atoms with Crippen LogP contribution in [0.5, 0.6) is 0 Å². The highest BCUT2D eigenvalue weighted by molar-refractivity contribution is 6.14. The third kappa shape index (κ3) is 4.64. The molecule has 0 amide bonds. The Balaban J connectivity index is 1.48. The molecular formula is C50H37N5. The van der Waals surface area contributed by atoms with Gasteiger partial charge in [0.1, 0.15) is 6.07 Å². The highest BCUT2D eigenvalue weighted by Gasteiger charge is 2.29. The first kappa shape index (κ1) is 32.6. The van der Waals surface area contributed by atoms with Gasteiger partial charge in [-0.3, -0.25) is 0 Å². The fraction of sp³-hybridized carbons (Fsp3) is 0.120. The summed E-state index contributed by atoms with van der Waals surface area (Å²) in [6, 6.07) is 43.8. The Labute approximate surface area is 319 Å². The van der Waals surface area contributed by atoms with Gasteiger partial charge in [-0.2, -0.15) is 5.26 Å². The number of fused-ring (bicyclic) bond motifs is 9. The van der Waals surface area contributed by atoms with Crippen molar-refractivity contribution in [1.82, 2.24) is 13.7 Å². The van der Waals surface area contributed by atoms with Crippen molar-refractivity contribution in [2.75, 3.05) is 0 Å². The number of benzene rings is 7. The van der Waals surface area contributed by atoms with E-state index in [1.165, 1.54) is 11.1 Å². The second-order valence-electron chi connectivity index (χ2n) is 15.3. The molecule has 5 heteroatoms. The number of hydrogen-bond donors (Lipinski definition) is 0. The summed E-state index contributed by atoms with van der Waals surface area (Å²) in [6.45, 7) is 21.8. The van der Waals surface area contributed by atoms with Crippen LogP contribution in [-0.2, 0) is 0 Å². The molecule has 0 spiro atoms. The van der Waals surface area contributed by atoms with Crippen molar-refractivity contribution >= 4 is 71.1 Å². The first-order valence-electron chi connectivity index (χ1n) is 18.7. The SMILES string of the molecule is [C-]#[N+]c1c(-n2c3ccc(C)cc3c3cc(C)ccc32)cc(C#N)c(-n2c3ccc(C)cc3c3cc(C)ccc32)c1-n1c2ccc(C)cc2c2cc(C)ccc21. The van der Waals surface area contributed by atoms with Crippen LogP contribution in [0.2, 0.25) is 0 Å². The maximum atomic E-state index is 11.4. The molecule has 0 saturated heterocycles. The van der Waals surface area contributed by atoms with E-state index in [-0.39, 0.29) is 0 Å². The van der Waals surface area contributed by atoms with Crippen molar-refractivity contribution < 1.29 is 0 Å². The van der Waals surface area contributed by atoms with Crippen LogP contribution in [-0.4, -0.2) is 13.7 Å². The summed E-state index contributed by atoms with van der Waals surface area (Å²) in [5.74, 6) is 0. The third-order valence-electron chi connectivity index (χ3n) is 11.4. The van der Waals surface area contributed by atoms with Crippen LogP contribution in [0.15, 0.2) is 115 Å². The molecule has 3 aromatic heterocycles. The van der Waals surface area contributed by atoms with Crippen molar-refractivity contribution in [2.45, 2.75) is 41.5 Å². The summed E-state index contributed by atoms with van der Waals surface area (Å²) in [4.78, 5) is 4.50. The fourth-order valence-corrected chi connectivity index (χ4v) is 8.93. The Kier molecular flexibility index (Phi) is 6.93. The van der Waals surface area contributed by atoms with E-state index in [1.54, 1.807) is 0 Å². The van der Waals surface area contributed by atoms with Crippen molar-refractivity contribution in [2.24, 2.45) is 0 Å². The molecule has 262 valence electrons. The molecule has 0 bridgehead atoms. The van der Waals surface area contributed by atoms with Gasteiger partial charge in [-0.15, -0.1) is 0 Å². The average Bonchev–Trinajstić information content (AvgIpc) is 3.77. The van der Waals surface area contributed by atoms with E-state index < -0.39 is 0 Å². The minimum absolute atomic E-state index is 0.475. The lowest BCUT2D eigenvalue weighted by atomic mass is 10.1. The van der Waals surface area contributed by atoms with Gasteiger partial charge in [0.2, 0.25) is 5.69 Å². The monoisotopic (exact) mass is 707 g/mol. The minimum atomic E-state index is 0.475. The van der Waals surface area contributed by atoms with E-state index in [2.05, 4.69) is 175 Å². The van der Waals surface area contributed by atoms with Crippen LogP contribution in [0.1, 0.15) is 38.9 Å². The standard InChI is InChI=1S/C50H37N5/c1-28-8-14-41-35(20-28)36-21-29(2)9-15-42(36)53(41)47-26-34(27-51)49(54-43-16-10-30(3)22-37(43)38-23-31(4)11-17-44(38)54)50(48(47)52-7)55-45-18-12-32(5)24-39(45)40-25-33(6)13-19-46(40)55/h8-26H,1-6H3. The summed E-state index contributed by atoms with van der Waals surface area (Å²) < 4.78 is 6.68. The number of nitriles is 1. The maximum Gasteiger partial charge on any atom is 0.236 e. The zero-order chi connectivity index (χ0) is 37.9. The van der Waals surface area contributed by atoms with Crippen LogP contribution < -0.4 is 0 Å². The third-order valence-corrected chi connectivity index (χ3v) is 11.4. The molecular weight excluding hydrogens is 671 g/mol. The van der Waals surface area contributed by atoms with Crippen LogP contribution in [0, 0.1) is 59.4 Å². The molecule has 0 aliphatic carbocycles. The topological polar surface area (TPSA) is 42.9 Å². The van der Waals surface area contributed by atoms with Crippen molar-refractivity contribution in [3.63, 3.8) is 0 Å². The minimum Gasteiger partial charge on any atom is -0.319 e. The average molecular weight is 708 g/mol. The highest BCUT2D eigenvalue weighted by Crippen LogP contribution is 2.47. The molecule has 0 N–H and O–H groups in total. The van der Waals surface area contributed by atoms with Crippen LogP contribution in [0.4, 0.5) is 5.69 Å². The molecule has 0 aliphatic rings. The first-order valence-corrected chi connectivity index (χ1v) is 18.7. The van der Waals surface area contributed by atoms with E-state index >= 15 is 0 Å². The molecule has 0 atom stereocenters. The van der Waals surface area contributed by atoms with Crippen molar-refractivity contribution in [1.29, 1.82) is 5.26 Å². The largest absolute Gasteiger partial charge is 0.319 e. The van der Waals surface area contributed by atoms with Crippen LogP contribution in [0.25, 0.3) is 87.3 Å². The number of aromatic nitrogens is 3. The lowest BCUT2D eigenvalue weighted by molar-refractivity contribution is 1.07. The summed E-state index contributed by atoms with van der Waals surface area (Å²) in [5, 5.41) is 18.1. The zero-order valence-corrected chi connectivity index (χ0v) is 31.7. The highest BCUT2D eigenvalue weighted by atomic mass is 15.1. The summed E-state index contributed by atoms with van der Waals surface area (Å²) in [6.07, 6.45) is 0. The quantitative estimate of drug-likeness (QED) is 0.169. The van der Waals surface area contributed by atoms with E-state index in [4.69, 9.17) is 6.57 Å². The van der Waals surface area contributed by atoms with Crippen LogP contribution >= 0.6 is 0 Å². The van der Waals surface area contributed by atoms with E-state index in [0.29, 0.717) is 28.3 Å². The van der Waals surface area contributed by atoms with Gasteiger partial charge < -0.3 is 13.7 Å². The van der Waals surface area contributed by atoms with Gasteiger partial charge in [-0.25, -0.2) is 4.85 Å². The molecule has 0 aliphatic heterocycles. The first-order chi connectivity index (χ1) is 26.6. The molecule has 0 unspecified atom stereocenters. The zero-order valence-electron chi connectivity index (χ0n) is 31.7. The van der Waals surface area contributed by atoms with E-state index in [9.17, 15) is 5.26 Å². The fourth-order valence-electron chi connectivity index (χ4n) is 8.93. The summed E-state index contributed by atoms with van der Waals surface area (Å²) in [5.41, 5.74) is 15.9. The lowest BCUT2D eigenvalue weighted by Crippen LogP contribution is -2.09. The molecule has 5 nitrogen and oxygen atoms in total.